The van der Waals surface area contributed by atoms with Crippen molar-refractivity contribution in [2.75, 3.05) is 112 Å². The van der Waals surface area contributed by atoms with Crippen LogP contribution in [0.3, 0.4) is 0 Å². The molecule has 5 aliphatic heterocycles. The van der Waals surface area contributed by atoms with Crippen LogP contribution < -0.4 is 4.74 Å². The standard InChI is InChI=1S/C17H22F3NO2.C17H22F3NO.C17H20F3NO.C16H17F3N2O.C16H20F3NO/c1-12-14(4-3-5-15(12)16(22)17(18,19)20)13-6-8-21(9-7-13)10-11-23-2;2*1-3-9-21-10-7-13(8-11-21)14-5-4-6-15(12(14)2)16(22)17(18,19)20;1-2-8-21-9-6-12(7-10-21)13-4-3-5-15(14(13)11-20)22-16(17,18)19;1-3-20-9-7-12(8-10-20)13-5-4-6-14(11(13)2)15(21)16(17,18)19/h3-5,13H,6-11H2,1-2H3;4-6,13H,3,7-11H2,1-2H3;3-6,13H,1,7-11H2,2H3;2-5,12H,1,6-10H2;4-6,12H,3,7-10H2,1-2H3. The number of methoxy groups -OCH3 is 1. The summed E-state index contributed by atoms with van der Waals surface area (Å²) in [4.78, 5) is 57.6. The van der Waals surface area contributed by atoms with E-state index in [-0.39, 0.29) is 57.4 Å². The summed E-state index contributed by atoms with van der Waals surface area (Å²) in [5, 5.41) is 9.24. The first-order valence-corrected chi connectivity index (χ1v) is 37.3. The van der Waals surface area contributed by atoms with Crippen LogP contribution in [0, 0.1) is 39.0 Å². The Morgan fingerprint density at radius 3 is 0.936 bits per heavy atom. The van der Waals surface area contributed by atoms with Crippen molar-refractivity contribution in [2.24, 2.45) is 0 Å². The molecule has 5 aliphatic rings. The zero-order valence-electron chi connectivity index (χ0n) is 63.5. The zero-order valence-corrected chi connectivity index (χ0v) is 63.5. The number of Topliss-reactive ketones (excluding diaryl/α,β-unsaturated/α-hetero) is 4. The minimum atomic E-state index is -4.83. The van der Waals surface area contributed by atoms with Gasteiger partial charge in [0.15, 0.2) is 0 Å². The maximum atomic E-state index is 12.7. The molecule has 110 heavy (non-hydrogen) atoms. The number of benzene rings is 5. The number of rotatable bonds is 20. The Morgan fingerprint density at radius 1 is 0.418 bits per heavy atom. The van der Waals surface area contributed by atoms with Gasteiger partial charge >= 0.3 is 31.1 Å². The highest BCUT2D eigenvalue weighted by Crippen LogP contribution is 2.40. The van der Waals surface area contributed by atoms with Gasteiger partial charge in [0.2, 0.25) is 0 Å². The van der Waals surface area contributed by atoms with Crippen molar-refractivity contribution in [3.8, 4) is 11.8 Å². The lowest BCUT2D eigenvalue weighted by molar-refractivity contribution is -0.274. The van der Waals surface area contributed by atoms with Crippen LogP contribution in [-0.2, 0) is 4.74 Å². The summed E-state index contributed by atoms with van der Waals surface area (Å²) in [5.41, 5.74) is 5.18. The summed E-state index contributed by atoms with van der Waals surface area (Å²) >= 11 is 0. The van der Waals surface area contributed by atoms with E-state index < -0.39 is 60.0 Å². The van der Waals surface area contributed by atoms with Crippen molar-refractivity contribution in [3.05, 3.63) is 194 Å². The Labute approximate surface area is 635 Å². The summed E-state index contributed by atoms with van der Waals surface area (Å²) in [6.45, 7) is 32.5. The average Bonchev–Trinajstić information content (AvgIpc) is 0.825. The molecule has 0 amide bonds. The molecule has 12 nitrogen and oxygen atoms in total. The number of carbonyl (C=O) groups excluding carboxylic acids is 4. The first-order chi connectivity index (χ1) is 51.8. The number of carbonyl (C=O) groups is 4. The van der Waals surface area contributed by atoms with Gasteiger partial charge in [0.25, 0.3) is 23.1 Å². The number of hydrogen-bond donors (Lipinski definition) is 0. The SMILES string of the molecule is C=CCN1CCC(c2cccc(C(=O)C(F)(F)F)c2C)CC1.C=CCN1CCC(c2cccc(OC(F)(F)F)c2C#N)CC1.CCCN1CCC(c2cccc(C(=O)C(F)(F)F)c2C)CC1.CCN1CCC(c2cccc(C(=O)C(F)(F)F)c2C)CC1.COCCN1CCC(c2cccc(C(=O)C(F)(F)F)c2C)CC1. The van der Waals surface area contributed by atoms with Crippen LogP contribution in [0.5, 0.6) is 5.75 Å². The molecule has 604 valence electrons. The Bertz CT molecular complexity index is 3880. The monoisotopic (exact) mass is 1560 g/mol. The van der Waals surface area contributed by atoms with Crippen molar-refractivity contribution in [1.29, 1.82) is 5.26 Å². The topological polar surface area (TPSA) is 127 Å². The molecule has 0 N–H and O–H groups in total. The molecular weight excluding hydrogens is 1460 g/mol. The number of halogens is 15. The molecular formula is C83H101F15N6O6. The van der Waals surface area contributed by atoms with Crippen LogP contribution in [0.1, 0.15) is 211 Å². The van der Waals surface area contributed by atoms with Crippen molar-refractivity contribution >= 4 is 23.1 Å². The summed E-state index contributed by atoms with van der Waals surface area (Å²) in [6, 6.07) is 25.0. The van der Waals surface area contributed by atoms with Gasteiger partial charge in [-0.05, 0) is 263 Å². The van der Waals surface area contributed by atoms with Crippen molar-refractivity contribution < 1.29 is 94.5 Å². The lowest BCUT2D eigenvalue weighted by atomic mass is 9.84. The molecule has 0 atom stereocenters. The van der Waals surface area contributed by atoms with E-state index in [2.05, 4.69) is 56.2 Å². The normalized spacial score (nSPS) is 17.5. The highest BCUT2D eigenvalue weighted by Gasteiger charge is 2.44. The minimum absolute atomic E-state index is 0.0120. The fraction of sp³-hybridized carbons (Fsp3) is 0.530. The predicted octanol–water partition coefficient (Wildman–Crippen LogP) is 19.8. The van der Waals surface area contributed by atoms with E-state index in [0.717, 1.165) is 191 Å². The number of piperidine rings is 5. The Hall–Kier alpha value is -7.74. The Morgan fingerprint density at radius 2 is 0.682 bits per heavy atom. The van der Waals surface area contributed by atoms with Gasteiger partial charge < -0.3 is 24.2 Å². The van der Waals surface area contributed by atoms with Crippen LogP contribution in [0.15, 0.2) is 116 Å². The number of ether oxygens (including phenoxy) is 2. The average molecular weight is 1560 g/mol. The summed E-state index contributed by atoms with van der Waals surface area (Å²) in [7, 11) is 1.67. The largest absolute Gasteiger partial charge is 0.573 e. The van der Waals surface area contributed by atoms with Gasteiger partial charge in [0.05, 0.1) is 12.2 Å². The van der Waals surface area contributed by atoms with E-state index in [0.29, 0.717) is 34.4 Å². The fourth-order valence-corrected chi connectivity index (χ4v) is 15.4. The van der Waals surface area contributed by atoms with Crippen LogP contribution in [0.25, 0.3) is 0 Å². The summed E-state index contributed by atoms with van der Waals surface area (Å²) in [5.74, 6) is -6.43. The van der Waals surface area contributed by atoms with Crippen LogP contribution >= 0.6 is 0 Å². The molecule has 0 spiro atoms. The summed E-state index contributed by atoms with van der Waals surface area (Å²) < 4.78 is 198. The van der Waals surface area contributed by atoms with Gasteiger partial charge in [0, 0.05) is 49.0 Å². The molecule has 0 radical (unpaired) electrons. The molecule has 5 aromatic carbocycles. The molecule has 5 saturated heterocycles. The van der Waals surface area contributed by atoms with Crippen LogP contribution in [0.4, 0.5) is 65.9 Å². The van der Waals surface area contributed by atoms with Gasteiger partial charge in [-0.3, -0.25) is 29.0 Å². The van der Waals surface area contributed by atoms with E-state index in [9.17, 15) is 90.3 Å². The zero-order chi connectivity index (χ0) is 81.5. The second-order valence-electron chi connectivity index (χ2n) is 28.4. The van der Waals surface area contributed by atoms with Gasteiger partial charge in [0.1, 0.15) is 11.8 Å². The number of hydrogen-bond acceptors (Lipinski definition) is 12. The number of alkyl halides is 15. The van der Waals surface area contributed by atoms with Gasteiger partial charge in [-0.15, -0.1) is 26.3 Å². The molecule has 5 aromatic rings. The maximum Gasteiger partial charge on any atom is 0.573 e. The van der Waals surface area contributed by atoms with Gasteiger partial charge in [-0.1, -0.05) is 111 Å². The number of likely N-dealkylation sites (tertiary alicyclic amines) is 5. The van der Waals surface area contributed by atoms with E-state index in [1.165, 1.54) is 36.4 Å². The van der Waals surface area contributed by atoms with Gasteiger partial charge in [-0.2, -0.15) is 57.9 Å². The van der Waals surface area contributed by atoms with Gasteiger partial charge in [-0.25, -0.2) is 0 Å². The number of ketones is 4. The molecule has 0 aromatic heterocycles. The predicted molar refractivity (Wildman–Crippen MR) is 394 cm³/mol. The quantitative estimate of drug-likeness (QED) is 0.0418. The van der Waals surface area contributed by atoms with E-state index >= 15 is 0 Å². The fourth-order valence-electron chi connectivity index (χ4n) is 15.4. The second kappa shape index (κ2) is 41.7. The van der Waals surface area contributed by atoms with Crippen LogP contribution in [-0.4, -0.2) is 191 Å². The lowest BCUT2D eigenvalue weighted by Gasteiger charge is -2.32. The molecule has 0 unspecified atom stereocenters. The molecule has 5 heterocycles. The third-order valence-corrected chi connectivity index (χ3v) is 21.4. The molecule has 0 saturated carbocycles. The second-order valence-corrected chi connectivity index (χ2v) is 28.4. The molecule has 27 heteroatoms. The smallest absolute Gasteiger partial charge is 0.404 e. The Balaban J connectivity index is 0.000000215. The molecule has 10 rings (SSSR count). The van der Waals surface area contributed by atoms with Crippen molar-refractivity contribution in [2.45, 2.75) is 173 Å². The van der Waals surface area contributed by atoms with E-state index in [1.807, 2.05) is 42.5 Å². The van der Waals surface area contributed by atoms with E-state index in [1.54, 1.807) is 65.1 Å². The minimum Gasteiger partial charge on any atom is -0.404 e. The lowest BCUT2D eigenvalue weighted by Crippen LogP contribution is -2.35. The molecule has 5 fully saturated rings. The van der Waals surface area contributed by atoms with E-state index in [4.69, 9.17) is 4.74 Å². The highest BCUT2D eigenvalue weighted by atomic mass is 19.4. The highest BCUT2D eigenvalue weighted by molar-refractivity contribution is 6.03. The molecule has 0 bridgehead atoms. The number of nitrogens with zero attached hydrogens (tertiary/aromatic N) is 6. The number of nitriles is 1. The summed E-state index contributed by atoms with van der Waals surface area (Å²) in [6.07, 6.45) is -10.4. The maximum absolute atomic E-state index is 12.7. The molecule has 0 aliphatic carbocycles. The first kappa shape index (κ1) is 91.1. The van der Waals surface area contributed by atoms with Crippen molar-refractivity contribution in [3.63, 3.8) is 0 Å². The Kier molecular flexibility index (Phi) is 34.5. The first-order valence-electron chi connectivity index (χ1n) is 37.3. The van der Waals surface area contributed by atoms with Crippen molar-refractivity contribution in [1.82, 2.24) is 24.5 Å². The third kappa shape index (κ3) is 26.2. The van der Waals surface area contributed by atoms with Crippen LogP contribution in [0.2, 0.25) is 0 Å². The third-order valence-electron chi connectivity index (χ3n) is 21.4.